The fourth-order valence-electron chi connectivity index (χ4n) is 1.84. The van der Waals surface area contributed by atoms with E-state index in [1.54, 1.807) is 18.2 Å². The molecule has 0 saturated carbocycles. The van der Waals surface area contributed by atoms with Crippen molar-refractivity contribution >= 4 is 15.9 Å². The summed E-state index contributed by atoms with van der Waals surface area (Å²) >= 11 is 0. The number of nitrogens with one attached hydrogen (secondary N) is 2. The van der Waals surface area contributed by atoms with Crippen molar-refractivity contribution in [3.05, 3.63) is 35.4 Å². The van der Waals surface area contributed by atoms with Gasteiger partial charge in [-0.1, -0.05) is 24.3 Å². The van der Waals surface area contributed by atoms with Crippen molar-refractivity contribution < 1.29 is 13.2 Å². The van der Waals surface area contributed by atoms with Crippen molar-refractivity contribution in [3.63, 3.8) is 0 Å². The lowest BCUT2D eigenvalue weighted by Gasteiger charge is -2.16. The summed E-state index contributed by atoms with van der Waals surface area (Å²) in [4.78, 5) is 11.7. The molecule has 1 unspecified atom stereocenters. The van der Waals surface area contributed by atoms with Gasteiger partial charge in [-0.3, -0.25) is 4.79 Å². The van der Waals surface area contributed by atoms with Crippen molar-refractivity contribution in [1.82, 2.24) is 10.0 Å². The average molecular weight is 313 g/mol. The highest BCUT2D eigenvalue weighted by Crippen LogP contribution is 2.08. The molecule has 0 aromatic heterocycles. The molecule has 0 radical (unpaired) electrons. The van der Waals surface area contributed by atoms with Crippen LogP contribution < -0.4 is 15.8 Å². The molecule has 0 fully saturated rings. The highest BCUT2D eigenvalue weighted by atomic mass is 32.2. The first-order valence-corrected chi connectivity index (χ1v) is 8.47. The number of benzene rings is 1. The van der Waals surface area contributed by atoms with Crippen molar-refractivity contribution in [2.45, 2.75) is 45.2 Å². The summed E-state index contributed by atoms with van der Waals surface area (Å²) in [5.74, 6) is -0.524. The van der Waals surface area contributed by atoms with Crippen LogP contribution in [0.15, 0.2) is 24.3 Å². The minimum atomic E-state index is -3.59. The van der Waals surface area contributed by atoms with Crippen molar-refractivity contribution in [3.8, 4) is 0 Å². The molecule has 118 valence electrons. The molecule has 1 aromatic rings. The van der Waals surface area contributed by atoms with Crippen LogP contribution in [0.2, 0.25) is 0 Å². The van der Waals surface area contributed by atoms with Crippen LogP contribution in [-0.4, -0.2) is 26.4 Å². The summed E-state index contributed by atoms with van der Waals surface area (Å²) in [5, 5.41) is 2.66. The van der Waals surface area contributed by atoms with E-state index in [1.807, 2.05) is 19.9 Å². The smallest absolute Gasteiger partial charge is 0.238 e. The van der Waals surface area contributed by atoms with Crippen LogP contribution in [0.25, 0.3) is 0 Å². The van der Waals surface area contributed by atoms with Crippen molar-refractivity contribution in [2.75, 3.05) is 0 Å². The van der Waals surface area contributed by atoms with Crippen LogP contribution in [0, 0.1) is 0 Å². The van der Waals surface area contributed by atoms with Crippen LogP contribution in [0.1, 0.15) is 31.9 Å². The molecule has 0 spiro atoms. The summed E-state index contributed by atoms with van der Waals surface area (Å²) in [5.41, 5.74) is 7.04. The van der Waals surface area contributed by atoms with E-state index in [2.05, 4.69) is 10.0 Å². The number of sulfonamides is 1. The fourth-order valence-corrected chi connectivity index (χ4v) is 3.19. The van der Waals surface area contributed by atoms with Gasteiger partial charge in [0.2, 0.25) is 15.9 Å². The van der Waals surface area contributed by atoms with Gasteiger partial charge in [0.15, 0.2) is 0 Å². The number of hydrogen-bond acceptors (Lipinski definition) is 4. The SMILES string of the molecule is CC(C)NC(=O)C(C)NS(=O)(=O)Cc1cccc(CN)c1. The molecule has 0 aliphatic carbocycles. The van der Waals surface area contributed by atoms with Gasteiger partial charge in [0.25, 0.3) is 0 Å². The van der Waals surface area contributed by atoms with Gasteiger partial charge < -0.3 is 11.1 Å². The molecule has 1 amide bonds. The Morgan fingerprint density at radius 2 is 1.86 bits per heavy atom. The fraction of sp³-hybridized carbons (Fsp3) is 0.500. The summed E-state index contributed by atoms with van der Waals surface area (Å²) < 4.78 is 26.5. The van der Waals surface area contributed by atoms with Gasteiger partial charge in [-0.05, 0) is 31.9 Å². The second-order valence-electron chi connectivity index (χ2n) is 5.29. The first kappa shape index (κ1) is 17.6. The van der Waals surface area contributed by atoms with E-state index in [9.17, 15) is 13.2 Å². The lowest BCUT2D eigenvalue weighted by molar-refractivity contribution is -0.122. The molecular weight excluding hydrogens is 290 g/mol. The second kappa shape index (κ2) is 7.53. The van der Waals surface area contributed by atoms with E-state index >= 15 is 0 Å². The molecule has 21 heavy (non-hydrogen) atoms. The molecular formula is C14H23N3O3S. The number of rotatable bonds is 7. The van der Waals surface area contributed by atoms with Crippen LogP contribution in [0.3, 0.4) is 0 Å². The third kappa shape index (κ3) is 6.24. The summed E-state index contributed by atoms with van der Waals surface area (Å²) in [6, 6.07) is 6.22. The molecule has 7 heteroatoms. The Hall–Kier alpha value is -1.44. The highest BCUT2D eigenvalue weighted by molar-refractivity contribution is 7.88. The second-order valence-corrected chi connectivity index (χ2v) is 7.04. The zero-order valence-corrected chi connectivity index (χ0v) is 13.4. The van der Waals surface area contributed by atoms with Crippen LogP contribution in [-0.2, 0) is 27.1 Å². The normalized spacial score (nSPS) is 13.2. The summed E-state index contributed by atoms with van der Waals surface area (Å²) in [6.45, 7) is 5.51. The van der Waals surface area contributed by atoms with Crippen molar-refractivity contribution in [1.29, 1.82) is 0 Å². The van der Waals surface area contributed by atoms with E-state index in [0.29, 0.717) is 12.1 Å². The molecule has 0 aliphatic rings. The number of hydrogen-bond donors (Lipinski definition) is 3. The molecule has 1 atom stereocenters. The van der Waals surface area contributed by atoms with Gasteiger partial charge in [-0.2, -0.15) is 0 Å². The van der Waals surface area contributed by atoms with Gasteiger partial charge in [0.05, 0.1) is 11.8 Å². The number of nitrogens with two attached hydrogens (primary N) is 1. The topological polar surface area (TPSA) is 101 Å². The highest BCUT2D eigenvalue weighted by Gasteiger charge is 2.21. The Morgan fingerprint density at radius 1 is 1.24 bits per heavy atom. The number of carbonyl (C=O) groups excluding carboxylic acids is 1. The van der Waals surface area contributed by atoms with Gasteiger partial charge in [0.1, 0.15) is 0 Å². The Bertz CT molecular complexity index is 585. The minimum Gasteiger partial charge on any atom is -0.353 e. The molecule has 0 aliphatic heterocycles. The summed E-state index contributed by atoms with van der Waals surface area (Å²) in [7, 11) is -3.59. The largest absolute Gasteiger partial charge is 0.353 e. The third-order valence-electron chi connectivity index (χ3n) is 2.76. The van der Waals surface area contributed by atoms with E-state index in [1.165, 1.54) is 6.92 Å². The van der Waals surface area contributed by atoms with Gasteiger partial charge in [-0.25, -0.2) is 13.1 Å². The minimum absolute atomic E-state index is 0.0364. The monoisotopic (exact) mass is 313 g/mol. The maximum atomic E-state index is 12.1. The Kier molecular flexibility index (Phi) is 6.32. The van der Waals surface area contributed by atoms with Crippen molar-refractivity contribution in [2.24, 2.45) is 5.73 Å². The third-order valence-corrected chi connectivity index (χ3v) is 4.19. The van der Waals surface area contributed by atoms with Gasteiger partial charge in [0, 0.05) is 12.6 Å². The molecule has 0 heterocycles. The molecule has 4 N–H and O–H groups in total. The molecule has 0 bridgehead atoms. The zero-order chi connectivity index (χ0) is 16.0. The van der Waals surface area contributed by atoms with E-state index in [0.717, 1.165) is 5.56 Å². The Morgan fingerprint density at radius 3 is 2.43 bits per heavy atom. The van der Waals surface area contributed by atoms with Gasteiger partial charge >= 0.3 is 0 Å². The maximum absolute atomic E-state index is 12.1. The predicted molar refractivity (Wildman–Crippen MR) is 82.8 cm³/mol. The quantitative estimate of drug-likeness (QED) is 0.681. The molecule has 1 rings (SSSR count). The van der Waals surface area contributed by atoms with E-state index in [4.69, 9.17) is 5.73 Å². The Labute approximate surface area is 126 Å². The van der Waals surface area contributed by atoms with Crippen LogP contribution in [0.5, 0.6) is 0 Å². The Balaban J connectivity index is 2.71. The maximum Gasteiger partial charge on any atom is 0.238 e. The lowest BCUT2D eigenvalue weighted by Crippen LogP contribution is -2.47. The number of amides is 1. The molecule has 6 nitrogen and oxygen atoms in total. The van der Waals surface area contributed by atoms with E-state index < -0.39 is 16.1 Å². The van der Waals surface area contributed by atoms with Crippen LogP contribution >= 0.6 is 0 Å². The summed E-state index contributed by atoms with van der Waals surface area (Å²) in [6.07, 6.45) is 0. The lowest BCUT2D eigenvalue weighted by atomic mass is 10.1. The number of carbonyl (C=O) groups is 1. The molecule has 0 saturated heterocycles. The van der Waals surface area contributed by atoms with E-state index in [-0.39, 0.29) is 17.7 Å². The van der Waals surface area contributed by atoms with Gasteiger partial charge in [-0.15, -0.1) is 0 Å². The van der Waals surface area contributed by atoms with Crippen LogP contribution in [0.4, 0.5) is 0 Å². The zero-order valence-electron chi connectivity index (χ0n) is 12.6. The molecule has 1 aromatic carbocycles. The predicted octanol–water partition coefficient (Wildman–Crippen LogP) is 0.478. The average Bonchev–Trinajstić information content (AvgIpc) is 2.36. The first-order valence-electron chi connectivity index (χ1n) is 6.82. The first-order chi connectivity index (χ1) is 9.73. The standard InChI is InChI=1S/C14H23N3O3S/c1-10(2)16-14(18)11(3)17-21(19,20)9-13-6-4-5-12(7-13)8-15/h4-7,10-11,17H,8-9,15H2,1-3H3,(H,16,18).